The lowest BCUT2D eigenvalue weighted by Crippen LogP contribution is -2.37. The highest BCUT2D eigenvalue weighted by Gasteiger charge is 2.10. The van der Waals surface area contributed by atoms with Gasteiger partial charge in [-0.3, -0.25) is 4.79 Å². The molecule has 1 atom stereocenters. The first-order valence-electron chi connectivity index (χ1n) is 4.06. The first kappa shape index (κ1) is 11.6. The van der Waals surface area contributed by atoms with Gasteiger partial charge in [-0.05, 0) is 18.2 Å². The molecule has 0 aliphatic heterocycles. The van der Waals surface area contributed by atoms with Gasteiger partial charge in [0.25, 0.3) is 0 Å². The molecule has 14 heavy (non-hydrogen) atoms. The quantitative estimate of drug-likeness (QED) is 0.735. The van der Waals surface area contributed by atoms with Crippen molar-refractivity contribution in [1.82, 2.24) is 0 Å². The van der Waals surface area contributed by atoms with Crippen molar-refractivity contribution in [2.24, 2.45) is 5.73 Å². The summed E-state index contributed by atoms with van der Waals surface area (Å²) in [5.41, 5.74) is 6.23. The zero-order chi connectivity index (χ0) is 10.6. The minimum absolute atomic E-state index is 0.224. The van der Waals surface area contributed by atoms with Gasteiger partial charge in [0, 0.05) is 15.9 Å². The van der Waals surface area contributed by atoms with Crippen LogP contribution in [0.4, 0.5) is 5.69 Å². The van der Waals surface area contributed by atoms with Crippen molar-refractivity contribution in [3.63, 3.8) is 0 Å². The molecule has 0 aliphatic carbocycles. The van der Waals surface area contributed by atoms with Crippen LogP contribution < -0.4 is 11.1 Å². The predicted octanol–water partition coefficient (Wildman–Crippen LogP) is 1.64. The fourth-order valence-electron chi connectivity index (χ4n) is 0.884. The molecule has 1 rings (SSSR count). The molecule has 1 unspecified atom stereocenters. The number of hydrogen-bond acceptors (Lipinski definition) is 3. The van der Waals surface area contributed by atoms with Gasteiger partial charge in [-0.1, -0.05) is 22.0 Å². The molecule has 5 heteroatoms. The third-order valence-corrected chi connectivity index (χ3v) is 2.51. The van der Waals surface area contributed by atoms with Gasteiger partial charge < -0.3 is 11.1 Å². The molecule has 0 aromatic heterocycles. The van der Waals surface area contributed by atoms with E-state index in [1.54, 1.807) is 6.07 Å². The average molecular weight is 275 g/mol. The van der Waals surface area contributed by atoms with E-state index in [1.165, 1.54) is 0 Å². The Bertz CT molecular complexity index is 332. The number of nitrogens with one attached hydrogen (secondary N) is 1. The van der Waals surface area contributed by atoms with Gasteiger partial charge in [0.15, 0.2) is 0 Å². The Morgan fingerprint density at radius 3 is 2.93 bits per heavy atom. The number of rotatable bonds is 3. The minimum atomic E-state index is -0.572. The van der Waals surface area contributed by atoms with Gasteiger partial charge in [0.2, 0.25) is 5.91 Å². The summed E-state index contributed by atoms with van der Waals surface area (Å²) >= 11 is 7.25. The number of anilines is 1. The third-order valence-electron chi connectivity index (χ3n) is 1.63. The van der Waals surface area contributed by atoms with E-state index < -0.39 is 6.04 Å². The summed E-state index contributed by atoms with van der Waals surface area (Å²) in [6.07, 6.45) is 0. The van der Waals surface area contributed by atoms with Crippen LogP contribution in [0, 0.1) is 0 Å². The molecule has 1 aromatic rings. The van der Waals surface area contributed by atoms with Gasteiger partial charge in [-0.25, -0.2) is 0 Å². The van der Waals surface area contributed by atoms with E-state index >= 15 is 0 Å². The third kappa shape index (κ3) is 3.32. The van der Waals surface area contributed by atoms with E-state index in [1.807, 2.05) is 18.2 Å². The molecule has 76 valence electrons. The molecule has 0 spiro atoms. The second-order valence-electron chi connectivity index (χ2n) is 2.79. The molecular weight excluding hydrogens is 264 g/mol. The number of amides is 1. The molecule has 3 nitrogen and oxygen atoms in total. The zero-order valence-electron chi connectivity index (χ0n) is 7.40. The van der Waals surface area contributed by atoms with Crippen LogP contribution in [0.15, 0.2) is 28.7 Å². The van der Waals surface area contributed by atoms with Crippen molar-refractivity contribution >= 4 is 40.2 Å². The first-order chi connectivity index (χ1) is 6.63. The van der Waals surface area contributed by atoms with Crippen molar-refractivity contribution in [2.75, 3.05) is 11.1 Å². The zero-order valence-corrected chi connectivity index (χ0v) is 9.89. The van der Waals surface area contributed by atoms with Gasteiger partial charge in [-0.15, -0.1) is 0 Å². The van der Waals surface area contributed by atoms with E-state index in [9.17, 15) is 4.79 Å². The Kier molecular flexibility index (Phi) is 4.44. The van der Waals surface area contributed by atoms with Gasteiger partial charge in [0.1, 0.15) is 0 Å². The summed E-state index contributed by atoms with van der Waals surface area (Å²) < 4.78 is 0.912. The molecule has 1 amide bonds. The topological polar surface area (TPSA) is 55.1 Å². The van der Waals surface area contributed by atoms with Gasteiger partial charge in [0.05, 0.1) is 6.04 Å². The average Bonchev–Trinajstić information content (AvgIpc) is 2.16. The fourth-order valence-corrected chi connectivity index (χ4v) is 1.45. The standard InChI is InChI=1S/C9H11BrN2OS/c10-6-2-1-3-7(4-6)12-9(13)8(11)5-14/h1-4,8,14H,5,11H2,(H,12,13). The Balaban J connectivity index is 2.65. The summed E-state index contributed by atoms with van der Waals surface area (Å²) in [4.78, 5) is 11.4. The Labute approximate surface area is 96.6 Å². The number of thiol groups is 1. The number of benzene rings is 1. The van der Waals surface area contributed by atoms with Crippen molar-refractivity contribution in [1.29, 1.82) is 0 Å². The van der Waals surface area contributed by atoms with E-state index in [0.29, 0.717) is 5.75 Å². The van der Waals surface area contributed by atoms with Crippen LogP contribution in [0.2, 0.25) is 0 Å². The molecule has 0 saturated heterocycles. The highest BCUT2D eigenvalue weighted by Crippen LogP contribution is 2.15. The van der Waals surface area contributed by atoms with Crippen LogP contribution >= 0.6 is 28.6 Å². The number of hydrogen-bond donors (Lipinski definition) is 3. The molecule has 0 heterocycles. The lowest BCUT2D eigenvalue weighted by atomic mass is 10.3. The normalized spacial score (nSPS) is 12.2. The summed E-state index contributed by atoms with van der Waals surface area (Å²) in [6, 6.07) is 6.76. The smallest absolute Gasteiger partial charge is 0.242 e. The van der Waals surface area contributed by atoms with Crippen LogP contribution in [0.5, 0.6) is 0 Å². The second kappa shape index (κ2) is 5.38. The number of halogens is 1. The molecular formula is C9H11BrN2OS. The van der Waals surface area contributed by atoms with Crippen molar-refractivity contribution < 1.29 is 4.79 Å². The maximum atomic E-state index is 11.4. The Morgan fingerprint density at radius 1 is 1.64 bits per heavy atom. The van der Waals surface area contributed by atoms with E-state index in [-0.39, 0.29) is 5.91 Å². The number of carbonyl (C=O) groups is 1. The molecule has 1 aromatic carbocycles. The van der Waals surface area contributed by atoms with Crippen LogP contribution in [-0.2, 0) is 4.79 Å². The minimum Gasteiger partial charge on any atom is -0.325 e. The second-order valence-corrected chi connectivity index (χ2v) is 4.07. The number of nitrogens with two attached hydrogens (primary N) is 1. The lowest BCUT2D eigenvalue weighted by Gasteiger charge is -2.09. The number of carbonyl (C=O) groups excluding carboxylic acids is 1. The van der Waals surface area contributed by atoms with Gasteiger partial charge in [-0.2, -0.15) is 12.6 Å². The van der Waals surface area contributed by atoms with Crippen molar-refractivity contribution in [3.8, 4) is 0 Å². The monoisotopic (exact) mass is 274 g/mol. The lowest BCUT2D eigenvalue weighted by molar-refractivity contribution is -0.116. The summed E-state index contributed by atoms with van der Waals surface area (Å²) in [6.45, 7) is 0. The van der Waals surface area contributed by atoms with E-state index in [0.717, 1.165) is 10.2 Å². The molecule has 0 radical (unpaired) electrons. The van der Waals surface area contributed by atoms with E-state index in [4.69, 9.17) is 5.73 Å². The Morgan fingerprint density at radius 2 is 2.36 bits per heavy atom. The van der Waals surface area contributed by atoms with Crippen LogP contribution in [0.25, 0.3) is 0 Å². The maximum absolute atomic E-state index is 11.4. The van der Waals surface area contributed by atoms with Crippen LogP contribution in [0.3, 0.4) is 0 Å². The van der Waals surface area contributed by atoms with Crippen molar-refractivity contribution in [3.05, 3.63) is 28.7 Å². The molecule has 0 aliphatic rings. The molecule has 3 N–H and O–H groups in total. The molecule has 0 saturated carbocycles. The van der Waals surface area contributed by atoms with Crippen molar-refractivity contribution in [2.45, 2.75) is 6.04 Å². The maximum Gasteiger partial charge on any atom is 0.242 e. The molecule has 0 fully saturated rings. The largest absolute Gasteiger partial charge is 0.325 e. The highest BCUT2D eigenvalue weighted by molar-refractivity contribution is 9.10. The van der Waals surface area contributed by atoms with Gasteiger partial charge >= 0.3 is 0 Å². The summed E-state index contributed by atoms with van der Waals surface area (Å²) in [5, 5.41) is 2.69. The predicted molar refractivity (Wildman–Crippen MR) is 64.6 cm³/mol. The fraction of sp³-hybridized carbons (Fsp3) is 0.222. The summed E-state index contributed by atoms with van der Waals surface area (Å²) in [7, 11) is 0. The highest BCUT2D eigenvalue weighted by atomic mass is 79.9. The first-order valence-corrected chi connectivity index (χ1v) is 5.49. The van der Waals surface area contributed by atoms with E-state index in [2.05, 4.69) is 33.9 Å². The summed E-state index contributed by atoms with van der Waals surface area (Å²) in [5.74, 6) is 0.109. The Hall–Kier alpha value is -0.520. The molecule has 0 bridgehead atoms. The SMILES string of the molecule is NC(CS)C(=O)Nc1cccc(Br)c1. The van der Waals surface area contributed by atoms with Crippen LogP contribution in [-0.4, -0.2) is 17.7 Å². The van der Waals surface area contributed by atoms with Crippen LogP contribution in [0.1, 0.15) is 0 Å².